The van der Waals surface area contributed by atoms with Crippen molar-refractivity contribution >= 4 is 34.4 Å². The maximum Gasteiger partial charge on any atom is 0.407 e. The molecule has 2 bridgehead atoms. The summed E-state index contributed by atoms with van der Waals surface area (Å²) in [7, 11) is 0. The van der Waals surface area contributed by atoms with E-state index in [9.17, 15) is 14.7 Å². The third kappa shape index (κ3) is 3.08. The predicted octanol–water partition coefficient (Wildman–Crippen LogP) is 4.66. The number of aromatic nitrogens is 1. The fourth-order valence-electron chi connectivity index (χ4n) is 8.96. The van der Waals surface area contributed by atoms with Gasteiger partial charge in [0.2, 0.25) is 0 Å². The SMILES string of the molecule is CC1(C)O[C@@]23CC[C@]4(C)[C@@]5(C)c6[nH]c7ccccc7c6C[C@@H]5C[C@H](OC(=O)NCCCCl)[C@@]4(O)C2=CC(=O)[C@@H]1O3. The number of ketones is 1. The van der Waals surface area contributed by atoms with Crippen molar-refractivity contribution in [1.82, 2.24) is 10.3 Å². The molecule has 1 saturated heterocycles. The van der Waals surface area contributed by atoms with Crippen molar-refractivity contribution in [2.24, 2.45) is 11.3 Å². The van der Waals surface area contributed by atoms with Gasteiger partial charge in [-0.1, -0.05) is 32.0 Å². The van der Waals surface area contributed by atoms with Crippen molar-refractivity contribution in [2.45, 2.75) is 94.4 Å². The van der Waals surface area contributed by atoms with Crippen LogP contribution in [0.5, 0.6) is 0 Å². The molecule has 5 aliphatic rings. The lowest BCUT2D eigenvalue weighted by atomic mass is 9.41. The van der Waals surface area contributed by atoms with E-state index < -0.39 is 46.1 Å². The highest BCUT2D eigenvalue weighted by Crippen LogP contribution is 2.72. The number of amides is 1. The lowest BCUT2D eigenvalue weighted by molar-refractivity contribution is -0.273. The number of alkyl carbamates (subject to hydrolysis) is 1. The first-order chi connectivity index (χ1) is 18.9. The number of nitrogens with one attached hydrogen (secondary N) is 2. The van der Waals surface area contributed by atoms with Gasteiger partial charge >= 0.3 is 6.09 Å². The van der Waals surface area contributed by atoms with Crippen LogP contribution in [-0.4, -0.2) is 63.6 Å². The van der Waals surface area contributed by atoms with Gasteiger partial charge in [-0.05, 0) is 63.2 Å². The van der Waals surface area contributed by atoms with E-state index in [0.29, 0.717) is 43.7 Å². The number of hydrogen-bond donors (Lipinski definition) is 3. The van der Waals surface area contributed by atoms with Crippen molar-refractivity contribution < 1.29 is 28.9 Å². The van der Waals surface area contributed by atoms with Crippen LogP contribution < -0.4 is 5.32 Å². The molecule has 0 unspecified atom stereocenters. The Hall–Kier alpha value is -2.39. The molecule has 7 atom stereocenters. The molecule has 2 aliphatic heterocycles. The summed E-state index contributed by atoms with van der Waals surface area (Å²) in [5.74, 6) is -0.965. The topological polar surface area (TPSA) is 110 Å². The molecule has 1 amide bonds. The first-order valence-electron chi connectivity index (χ1n) is 14.4. The van der Waals surface area contributed by atoms with E-state index in [2.05, 4.69) is 36.3 Å². The van der Waals surface area contributed by atoms with Crippen LogP contribution in [0.1, 0.15) is 64.6 Å². The number of aromatic amines is 1. The van der Waals surface area contributed by atoms with Gasteiger partial charge in [0.15, 0.2) is 17.7 Å². The largest absolute Gasteiger partial charge is 0.443 e. The summed E-state index contributed by atoms with van der Waals surface area (Å²) in [6.07, 6.45) is 2.14. The molecule has 3 aliphatic carbocycles. The van der Waals surface area contributed by atoms with Gasteiger partial charge in [0, 0.05) is 51.8 Å². The van der Waals surface area contributed by atoms with Gasteiger partial charge in [0.1, 0.15) is 17.3 Å². The van der Waals surface area contributed by atoms with Crippen LogP contribution in [0.25, 0.3) is 10.9 Å². The smallest absolute Gasteiger partial charge is 0.407 e. The number of ether oxygens (including phenoxy) is 3. The van der Waals surface area contributed by atoms with Crippen molar-refractivity contribution in [3.63, 3.8) is 0 Å². The van der Waals surface area contributed by atoms with Crippen LogP contribution in [0.4, 0.5) is 4.79 Å². The van der Waals surface area contributed by atoms with Gasteiger partial charge in [-0.2, -0.15) is 0 Å². The summed E-state index contributed by atoms with van der Waals surface area (Å²) in [4.78, 5) is 30.2. The first-order valence-corrected chi connectivity index (χ1v) is 14.9. The number of alkyl halides is 1. The zero-order valence-electron chi connectivity index (χ0n) is 23.4. The Bertz CT molecular complexity index is 1470. The van der Waals surface area contributed by atoms with Crippen molar-refractivity contribution in [3.05, 3.63) is 47.2 Å². The number of fused-ring (bicyclic) bond motifs is 9. The average molecular weight is 569 g/mol. The Morgan fingerprint density at radius 3 is 2.77 bits per heavy atom. The van der Waals surface area contributed by atoms with Crippen LogP contribution >= 0.6 is 11.6 Å². The second-order valence-corrected chi connectivity index (χ2v) is 13.6. The molecule has 2 saturated carbocycles. The zero-order valence-corrected chi connectivity index (χ0v) is 24.2. The molecule has 40 heavy (non-hydrogen) atoms. The van der Waals surface area contributed by atoms with E-state index in [1.807, 2.05) is 26.0 Å². The van der Waals surface area contributed by atoms with Crippen LogP contribution in [0.2, 0.25) is 0 Å². The van der Waals surface area contributed by atoms with Crippen molar-refractivity contribution in [2.75, 3.05) is 12.4 Å². The van der Waals surface area contributed by atoms with E-state index in [4.69, 9.17) is 25.8 Å². The van der Waals surface area contributed by atoms with E-state index in [1.54, 1.807) is 0 Å². The molecule has 0 radical (unpaired) electrons. The maximum absolute atomic E-state index is 13.4. The highest BCUT2D eigenvalue weighted by atomic mass is 35.5. The Balaban J connectivity index is 1.39. The molecule has 8 nitrogen and oxygen atoms in total. The highest BCUT2D eigenvalue weighted by Gasteiger charge is 2.78. The Kier molecular flexibility index (Phi) is 5.53. The minimum atomic E-state index is -1.72. The van der Waals surface area contributed by atoms with Crippen LogP contribution in [-0.2, 0) is 30.8 Å². The summed E-state index contributed by atoms with van der Waals surface area (Å²) >= 11 is 5.81. The van der Waals surface area contributed by atoms with Crippen LogP contribution in [0.3, 0.4) is 0 Å². The Morgan fingerprint density at radius 1 is 1.23 bits per heavy atom. The van der Waals surface area contributed by atoms with Crippen molar-refractivity contribution in [3.8, 4) is 0 Å². The minimum Gasteiger partial charge on any atom is -0.443 e. The van der Waals surface area contributed by atoms with E-state index >= 15 is 0 Å². The summed E-state index contributed by atoms with van der Waals surface area (Å²) in [6, 6.07) is 8.29. The van der Waals surface area contributed by atoms with Gasteiger partial charge in [-0.3, -0.25) is 4.79 Å². The fourth-order valence-corrected chi connectivity index (χ4v) is 9.09. The molecule has 1 aromatic carbocycles. The number of carbonyl (C=O) groups excluding carboxylic acids is 2. The number of aliphatic hydroxyl groups is 1. The van der Waals surface area contributed by atoms with Gasteiger partial charge in [-0.15, -0.1) is 11.6 Å². The lowest BCUT2D eigenvalue weighted by Gasteiger charge is -2.67. The third-order valence-corrected chi connectivity index (χ3v) is 11.3. The standard InChI is InChI=1S/C31H37ClN2O6/c1-27(2)25-21(35)16-22-30(39-25,40-27)11-10-28(3)29(4)17(14-19-18-8-5-6-9-20(18)34-24(19)29)15-23(31(22,28)37)38-26(36)33-13-7-12-32/h5-6,8-9,16-17,23,25,34,37H,7,10-15H2,1-4H3,(H,33,36)/t17-,23+,25+,28-,29-,30+,31+/m1/s1. The number of carbonyl (C=O) groups is 2. The number of benzene rings is 1. The normalized spacial score (nSPS) is 40.6. The van der Waals surface area contributed by atoms with Crippen LogP contribution in [0.15, 0.2) is 35.9 Å². The van der Waals surface area contributed by atoms with E-state index in [0.717, 1.165) is 17.6 Å². The Labute approximate surface area is 238 Å². The summed E-state index contributed by atoms with van der Waals surface area (Å²) in [5.41, 5.74) is -0.0712. The number of hydrogen-bond acceptors (Lipinski definition) is 6. The van der Waals surface area contributed by atoms with E-state index in [1.165, 1.54) is 17.0 Å². The lowest BCUT2D eigenvalue weighted by Crippen LogP contribution is -2.75. The van der Waals surface area contributed by atoms with Gasteiger partial charge in [0.05, 0.1) is 0 Å². The highest BCUT2D eigenvalue weighted by molar-refractivity contribution is 6.17. The quantitative estimate of drug-likeness (QED) is 0.366. The second kappa shape index (κ2) is 8.34. The molecular formula is C31H37ClN2O6. The molecule has 2 aromatic rings. The first kappa shape index (κ1) is 26.5. The second-order valence-electron chi connectivity index (χ2n) is 13.2. The maximum atomic E-state index is 13.4. The summed E-state index contributed by atoms with van der Waals surface area (Å²) in [5, 5.41) is 17.2. The Morgan fingerprint density at radius 2 is 2.00 bits per heavy atom. The molecule has 3 N–H and O–H groups in total. The predicted molar refractivity (Wildman–Crippen MR) is 149 cm³/mol. The zero-order chi connectivity index (χ0) is 28.3. The number of H-pyrrole nitrogens is 1. The number of para-hydroxylation sites is 1. The summed E-state index contributed by atoms with van der Waals surface area (Å²) < 4.78 is 19.0. The molecular weight excluding hydrogens is 532 g/mol. The molecule has 214 valence electrons. The van der Waals surface area contributed by atoms with Gasteiger partial charge in [0.25, 0.3) is 0 Å². The average Bonchev–Trinajstić information content (AvgIpc) is 3.49. The molecule has 3 fully saturated rings. The molecule has 1 aromatic heterocycles. The molecule has 9 heteroatoms. The van der Waals surface area contributed by atoms with Crippen LogP contribution in [0, 0.1) is 11.3 Å². The molecule has 7 rings (SSSR count). The molecule has 1 spiro atoms. The number of halogens is 1. The van der Waals surface area contributed by atoms with Gasteiger partial charge in [-0.25, -0.2) is 4.79 Å². The van der Waals surface area contributed by atoms with Gasteiger partial charge < -0.3 is 29.6 Å². The monoisotopic (exact) mass is 568 g/mol. The minimum absolute atomic E-state index is 0.104. The summed E-state index contributed by atoms with van der Waals surface area (Å²) in [6.45, 7) is 8.39. The number of rotatable bonds is 4. The van der Waals surface area contributed by atoms with Crippen molar-refractivity contribution in [1.29, 1.82) is 0 Å². The van der Waals surface area contributed by atoms with E-state index in [-0.39, 0.29) is 11.7 Å². The third-order valence-electron chi connectivity index (χ3n) is 11.1. The fraction of sp³-hybridized carbons (Fsp3) is 0.613. The molecule has 3 heterocycles.